The number of benzene rings is 1. The number of para-hydroxylation sites is 1. The molecule has 1 fully saturated rings. The highest BCUT2D eigenvalue weighted by molar-refractivity contribution is 7.52. The Morgan fingerprint density at radius 1 is 1.22 bits per heavy atom. The van der Waals surface area contributed by atoms with Crippen LogP contribution in [0.5, 0.6) is 5.75 Å². The number of fused-ring (bicyclic) bond motifs is 1. The van der Waals surface area contributed by atoms with Crippen LogP contribution in [0.3, 0.4) is 0 Å². The molecule has 15 heteroatoms. The number of aliphatic hydroxyl groups excluding tert-OH is 1. The minimum atomic E-state index is -4.30. The third-order valence-corrected chi connectivity index (χ3v) is 9.22. The van der Waals surface area contributed by atoms with Crippen molar-refractivity contribution in [1.29, 1.82) is 5.26 Å². The van der Waals surface area contributed by atoms with E-state index in [1.54, 1.807) is 56.3 Å². The second-order valence-electron chi connectivity index (χ2n) is 11.1. The van der Waals surface area contributed by atoms with Crippen molar-refractivity contribution >= 4 is 25.1 Å². The van der Waals surface area contributed by atoms with E-state index in [4.69, 9.17) is 29.0 Å². The molecule has 1 unspecified atom stereocenters. The molecule has 0 amide bonds. The highest BCUT2D eigenvalue weighted by atomic mass is 31.2. The predicted molar refractivity (Wildman–Crippen MR) is 164 cm³/mol. The van der Waals surface area contributed by atoms with Crippen LogP contribution < -0.4 is 15.3 Å². The molecule has 0 spiro atoms. The molecule has 0 saturated carbocycles. The summed E-state index contributed by atoms with van der Waals surface area (Å²) in [5.41, 5.74) is 4.82. The number of hydrogen-bond donors (Lipinski definition) is 3. The number of nitrogens with two attached hydrogens (primary N) is 1. The Morgan fingerprint density at radius 2 is 1.93 bits per heavy atom. The summed E-state index contributed by atoms with van der Waals surface area (Å²) in [7, 11) is -4.30. The van der Waals surface area contributed by atoms with Crippen LogP contribution in [0.15, 0.2) is 48.8 Å². The normalized spacial score (nSPS) is 23.6. The van der Waals surface area contributed by atoms with E-state index in [-0.39, 0.29) is 29.8 Å². The Kier molecular flexibility index (Phi) is 11.2. The molecule has 0 bridgehead atoms. The summed E-state index contributed by atoms with van der Waals surface area (Å²) in [5, 5.41) is 28.8. The molecule has 14 nitrogen and oxygen atoms in total. The van der Waals surface area contributed by atoms with Gasteiger partial charge in [0, 0.05) is 0 Å². The molecule has 4 N–H and O–H groups in total. The van der Waals surface area contributed by atoms with E-state index in [1.807, 2.05) is 13.8 Å². The highest BCUT2D eigenvalue weighted by Crippen LogP contribution is 2.48. The number of carbonyl (C=O) groups is 1. The number of ether oxygens (including phenoxy) is 3. The van der Waals surface area contributed by atoms with Crippen LogP contribution in [0.25, 0.3) is 5.52 Å². The van der Waals surface area contributed by atoms with Gasteiger partial charge in [0.15, 0.2) is 5.82 Å². The van der Waals surface area contributed by atoms with Gasteiger partial charge >= 0.3 is 13.7 Å². The Balaban J connectivity index is 1.60. The van der Waals surface area contributed by atoms with Crippen molar-refractivity contribution < 1.29 is 37.7 Å². The number of rotatable bonds is 15. The van der Waals surface area contributed by atoms with Crippen LogP contribution in [0.2, 0.25) is 0 Å². The monoisotopic (exact) mass is 644 g/mol. The lowest BCUT2D eigenvalue weighted by atomic mass is 9.92. The molecule has 1 aliphatic rings. The molecule has 2 aromatic heterocycles. The Labute approximate surface area is 262 Å². The largest absolute Gasteiger partial charge is 0.464 e. The van der Waals surface area contributed by atoms with Crippen molar-refractivity contribution in [2.24, 2.45) is 5.92 Å². The minimum absolute atomic E-state index is 0.182. The van der Waals surface area contributed by atoms with Gasteiger partial charge in [0.1, 0.15) is 48.0 Å². The number of hydrogen-bond acceptors (Lipinski definition) is 12. The van der Waals surface area contributed by atoms with Crippen molar-refractivity contribution in [3.05, 3.63) is 54.5 Å². The fourth-order valence-electron chi connectivity index (χ4n) is 5.02. The lowest BCUT2D eigenvalue weighted by Gasteiger charge is -2.29. The van der Waals surface area contributed by atoms with Crippen molar-refractivity contribution in [1.82, 2.24) is 19.7 Å². The molecule has 1 aliphatic heterocycles. The molecule has 3 heterocycles. The second-order valence-corrected chi connectivity index (χ2v) is 12.8. The van der Waals surface area contributed by atoms with Gasteiger partial charge in [0.05, 0.1) is 25.0 Å². The summed E-state index contributed by atoms with van der Waals surface area (Å²) in [6.07, 6.45) is -1.31. The van der Waals surface area contributed by atoms with Gasteiger partial charge < -0.3 is 29.6 Å². The maximum atomic E-state index is 14.1. The molecule has 6 atom stereocenters. The number of nitrogens with zero attached hydrogens (tertiary/aromatic N) is 4. The number of aromatic nitrogens is 3. The van der Waals surface area contributed by atoms with Gasteiger partial charge in [0.25, 0.3) is 0 Å². The molecule has 4 rings (SSSR count). The van der Waals surface area contributed by atoms with Crippen LogP contribution in [0.1, 0.15) is 53.2 Å². The standard InChI is InChI=1S/C30H41N6O8P/c1-6-21(7-2)15-40-29(38)20(5)35-45(39,44-22-11-9-8-10-12-22)41-16-24-26(37)27(42-19(3)4)30(17-31,43-24)25-14-13-23-28(32)33-18-34-36(23)25/h8-14,18-21,24,26-27,37H,6-7,15-16H2,1-5H3,(H,35,39)(H2,32,33,34)/t20-,24+,26+,27+,30-,45?/m0/s1. The molecule has 0 radical (unpaired) electrons. The molecular formula is C30H41N6O8P. The van der Waals surface area contributed by atoms with E-state index in [9.17, 15) is 19.7 Å². The van der Waals surface area contributed by atoms with Gasteiger partial charge in [-0.1, -0.05) is 44.9 Å². The summed E-state index contributed by atoms with van der Waals surface area (Å²) < 4.78 is 44.8. The second kappa shape index (κ2) is 14.7. The Bertz CT molecular complexity index is 1530. The van der Waals surface area contributed by atoms with Crippen LogP contribution in [-0.2, 0) is 33.7 Å². The van der Waals surface area contributed by atoms with Crippen molar-refractivity contribution in [3.8, 4) is 11.8 Å². The minimum Gasteiger partial charge on any atom is -0.464 e. The molecule has 1 saturated heterocycles. The quantitative estimate of drug-likeness (QED) is 0.160. The topological polar surface area (TPSA) is 193 Å². The molecule has 0 aliphatic carbocycles. The van der Waals surface area contributed by atoms with Gasteiger partial charge in [0.2, 0.25) is 5.60 Å². The Hall–Kier alpha value is -3.57. The zero-order valence-electron chi connectivity index (χ0n) is 26.0. The van der Waals surface area contributed by atoms with Crippen molar-refractivity contribution in [2.45, 2.75) is 83.5 Å². The zero-order valence-corrected chi connectivity index (χ0v) is 26.9. The number of anilines is 1. The first-order valence-corrected chi connectivity index (χ1v) is 16.5. The maximum absolute atomic E-state index is 14.1. The number of esters is 1. The third kappa shape index (κ3) is 7.64. The molecule has 1 aromatic carbocycles. The molecule has 3 aromatic rings. The van der Waals surface area contributed by atoms with Gasteiger partial charge in [-0.05, 0) is 51.0 Å². The van der Waals surface area contributed by atoms with Crippen LogP contribution in [0.4, 0.5) is 5.82 Å². The Morgan fingerprint density at radius 3 is 2.58 bits per heavy atom. The smallest absolute Gasteiger partial charge is 0.459 e. The van der Waals surface area contributed by atoms with E-state index in [2.05, 4.69) is 21.2 Å². The first-order chi connectivity index (χ1) is 21.5. The summed E-state index contributed by atoms with van der Waals surface area (Å²) in [4.78, 5) is 16.8. The number of aliphatic hydroxyl groups is 1. The fourth-order valence-corrected chi connectivity index (χ4v) is 6.52. The number of nitrogens with one attached hydrogen (secondary N) is 1. The number of nitriles is 1. The first kappa shape index (κ1) is 34.3. The molecule has 244 valence electrons. The van der Waals surface area contributed by atoms with E-state index in [0.29, 0.717) is 5.52 Å². The average Bonchev–Trinajstić information content (AvgIpc) is 3.57. The lowest BCUT2D eigenvalue weighted by Crippen LogP contribution is -2.44. The highest BCUT2D eigenvalue weighted by Gasteiger charge is 2.59. The summed E-state index contributed by atoms with van der Waals surface area (Å²) >= 11 is 0. The maximum Gasteiger partial charge on any atom is 0.459 e. The van der Waals surface area contributed by atoms with Crippen LogP contribution in [-0.4, -0.2) is 69.3 Å². The van der Waals surface area contributed by atoms with Gasteiger partial charge in [-0.2, -0.15) is 15.4 Å². The SMILES string of the molecule is CCC(CC)COC(=O)[C@H](C)NP(=O)(OC[C@H]1O[C@@](C#N)(c2ccc3c(N)ncnn23)[C@H](OC(C)C)[C@@H]1O)Oc1ccccc1. The summed E-state index contributed by atoms with van der Waals surface area (Å²) in [5.74, 6) is -0.0348. The zero-order chi connectivity index (χ0) is 32.8. The van der Waals surface area contributed by atoms with E-state index in [0.717, 1.165) is 12.8 Å². The number of carbonyl (C=O) groups excluding carboxylic acids is 1. The van der Waals surface area contributed by atoms with Crippen LogP contribution >= 0.6 is 7.75 Å². The van der Waals surface area contributed by atoms with Gasteiger partial charge in [-0.25, -0.2) is 14.1 Å². The number of nitrogen functional groups attached to an aromatic ring is 1. The van der Waals surface area contributed by atoms with Gasteiger partial charge in [-0.15, -0.1) is 0 Å². The van der Waals surface area contributed by atoms with E-state index >= 15 is 0 Å². The molecular weight excluding hydrogens is 603 g/mol. The first-order valence-electron chi connectivity index (χ1n) is 14.9. The van der Waals surface area contributed by atoms with Crippen LogP contribution in [0, 0.1) is 17.2 Å². The van der Waals surface area contributed by atoms with E-state index in [1.165, 1.54) is 17.8 Å². The van der Waals surface area contributed by atoms with Gasteiger partial charge in [-0.3, -0.25) is 9.32 Å². The summed E-state index contributed by atoms with van der Waals surface area (Å²) in [6, 6.07) is 12.6. The predicted octanol–water partition coefficient (Wildman–Crippen LogP) is 3.74. The average molecular weight is 645 g/mol. The van der Waals surface area contributed by atoms with E-state index < -0.39 is 56.4 Å². The van der Waals surface area contributed by atoms with Crippen molar-refractivity contribution in [3.63, 3.8) is 0 Å². The third-order valence-electron chi connectivity index (χ3n) is 7.58. The molecule has 45 heavy (non-hydrogen) atoms. The lowest BCUT2D eigenvalue weighted by molar-refractivity contribution is -0.146. The van der Waals surface area contributed by atoms with Crippen molar-refractivity contribution in [2.75, 3.05) is 18.9 Å². The fraction of sp³-hybridized carbons (Fsp3) is 0.533. The summed E-state index contributed by atoms with van der Waals surface area (Å²) in [6.45, 7) is 8.74.